The Hall–Kier alpha value is -1.17. The zero-order chi connectivity index (χ0) is 15.2. The Balaban J connectivity index is 2.41. The topological polar surface area (TPSA) is 37.8 Å². The minimum Gasteiger partial charge on any atom is -0.369 e. The van der Waals surface area contributed by atoms with E-state index in [1.54, 1.807) is 0 Å². The number of aryl methyl sites for hydroxylation is 2. The second-order valence-electron chi connectivity index (χ2n) is 4.99. The Bertz CT molecular complexity index is 594. The molecule has 0 aliphatic heterocycles. The standard InChI is InChI=1S/C17H22IN3/c1-4-11-19-17-15(18)14(6-3)20-16(21-17)13-9-7-12(5-2)8-10-13/h7-10H,4-6,11H2,1-3H3,(H,19,20,21). The fourth-order valence-corrected chi connectivity index (χ4v) is 2.92. The van der Waals surface area contributed by atoms with E-state index in [0.29, 0.717) is 0 Å². The third-order valence-corrected chi connectivity index (χ3v) is 4.55. The van der Waals surface area contributed by atoms with Crippen molar-refractivity contribution in [2.45, 2.75) is 40.0 Å². The van der Waals surface area contributed by atoms with Crippen LogP contribution in [-0.4, -0.2) is 16.5 Å². The highest BCUT2D eigenvalue weighted by molar-refractivity contribution is 14.1. The maximum absolute atomic E-state index is 4.73. The van der Waals surface area contributed by atoms with Gasteiger partial charge in [-0.15, -0.1) is 0 Å². The first-order chi connectivity index (χ1) is 10.2. The molecular formula is C17H22IN3. The van der Waals surface area contributed by atoms with Gasteiger partial charge in [0.2, 0.25) is 0 Å². The lowest BCUT2D eigenvalue weighted by molar-refractivity contribution is 0.943. The van der Waals surface area contributed by atoms with Crippen molar-refractivity contribution < 1.29 is 0 Å². The van der Waals surface area contributed by atoms with Gasteiger partial charge in [-0.05, 0) is 47.4 Å². The van der Waals surface area contributed by atoms with Crippen molar-refractivity contribution in [3.05, 3.63) is 39.1 Å². The van der Waals surface area contributed by atoms with Gasteiger partial charge in [0.05, 0.1) is 9.26 Å². The zero-order valence-corrected chi connectivity index (χ0v) is 15.1. The maximum atomic E-state index is 4.73. The summed E-state index contributed by atoms with van der Waals surface area (Å²) in [4.78, 5) is 9.44. The lowest BCUT2D eigenvalue weighted by atomic mass is 10.1. The van der Waals surface area contributed by atoms with Crippen molar-refractivity contribution in [2.75, 3.05) is 11.9 Å². The molecular weight excluding hydrogens is 373 g/mol. The molecule has 0 bridgehead atoms. The molecule has 0 radical (unpaired) electrons. The maximum Gasteiger partial charge on any atom is 0.161 e. The number of anilines is 1. The number of aromatic nitrogens is 2. The highest BCUT2D eigenvalue weighted by Crippen LogP contribution is 2.24. The number of nitrogens with zero attached hydrogens (tertiary/aromatic N) is 2. The van der Waals surface area contributed by atoms with Crippen molar-refractivity contribution in [2.24, 2.45) is 0 Å². The van der Waals surface area contributed by atoms with Gasteiger partial charge in [-0.2, -0.15) is 0 Å². The van der Waals surface area contributed by atoms with Gasteiger partial charge < -0.3 is 5.32 Å². The van der Waals surface area contributed by atoms with Crippen LogP contribution < -0.4 is 5.32 Å². The molecule has 0 atom stereocenters. The van der Waals surface area contributed by atoms with Gasteiger partial charge in [0.1, 0.15) is 5.82 Å². The van der Waals surface area contributed by atoms with Crippen LogP contribution >= 0.6 is 22.6 Å². The van der Waals surface area contributed by atoms with Crippen molar-refractivity contribution in [3.8, 4) is 11.4 Å². The molecule has 1 aromatic carbocycles. The molecule has 0 fully saturated rings. The minimum atomic E-state index is 0.813. The van der Waals surface area contributed by atoms with Crippen LogP contribution in [0.1, 0.15) is 38.4 Å². The number of benzene rings is 1. The lowest BCUT2D eigenvalue weighted by Gasteiger charge is -2.12. The van der Waals surface area contributed by atoms with Crippen molar-refractivity contribution >= 4 is 28.4 Å². The molecule has 112 valence electrons. The number of rotatable bonds is 6. The third kappa shape index (κ3) is 3.93. The molecule has 0 spiro atoms. The van der Waals surface area contributed by atoms with Crippen LogP contribution in [0.5, 0.6) is 0 Å². The Morgan fingerprint density at radius 2 is 1.71 bits per heavy atom. The van der Waals surface area contributed by atoms with Gasteiger partial charge in [-0.3, -0.25) is 0 Å². The van der Waals surface area contributed by atoms with Gasteiger partial charge in [0.25, 0.3) is 0 Å². The summed E-state index contributed by atoms with van der Waals surface area (Å²) in [7, 11) is 0. The van der Waals surface area contributed by atoms with E-state index >= 15 is 0 Å². The lowest BCUT2D eigenvalue weighted by Crippen LogP contribution is -2.08. The average molecular weight is 395 g/mol. The van der Waals surface area contributed by atoms with Crippen LogP contribution in [0.4, 0.5) is 5.82 Å². The Morgan fingerprint density at radius 3 is 2.29 bits per heavy atom. The van der Waals surface area contributed by atoms with E-state index in [1.165, 1.54) is 5.56 Å². The van der Waals surface area contributed by atoms with E-state index in [2.05, 4.69) is 72.9 Å². The van der Waals surface area contributed by atoms with Gasteiger partial charge >= 0.3 is 0 Å². The highest BCUT2D eigenvalue weighted by Gasteiger charge is 2.12. The van der Waals surface area contributed by atoms with Crippen molar-refractivity contribution in [3.63, 3.8) is 0 Å². The molecule has 3 nitrogen and oxygen atoms in total. The van der Waals surface area contributed by atoms with Crippen LogP contribution in [0.3, 0.4) is 0 Å². The van der Waals surface area contributed by atoms with E-state index in [9.17, 15) is 0 Å². The molecule has 0 saturated carbocycles. The number of hydrogen-bond donors (Lipinski definition) is 1. The van der Waals surface area contributed by atoms with Gasteiger partial charge in [0, 0.05) is 12.1 Å². The predicted molar refractivity (Wildman–Crippen MR) is 97.7 cm³/mol. The van der Waals surface area contributed by atoms with E-state index in [-0.39, 0.29) is 0 Å². The summed E-state index contributed by atoms with van der Waals surface area (Å²) in [5.74, 6) is 1.77. The van der Waals surface area contributed by atoms with E-state index in [1.807, 2.05) is 0 Å². The first-order valence-electron chi connectivity index (χ1n) is 7.59. The Labute approximate surface area is 140 Å². The van der Waals surface area contributed by atoms with Crippen molar-refractivity contribution in [1.29, 1.82) is 0 Å². The number of nitrogens with one attached hydrogen (secondary N) is 1. The molecule has 0 amide bonds. The van der Waals surface area contributed by atoms with Crippen LogP contribution in [0, 0.1) is 3.57 Å². The normalized spacial score (nSPS) is 10.7. The minimum absolute atomic E-state index is 0.813. The van der Waals surface area contributed by atoms with E-state index in [0.717, 1.165) is 52.3 Å². The Kier molecular flexibility index (Phi) is 5.96. The summed E-state index contributed by atoms with van der Waals surface area (Å²) < 4.78 is 1.14. The molecule has 4 heteroatoms. The molecule has 2 rings (SSSR count). The summed E-state index contributed by atoms with van der Waals surface area (Å²) >= 11 is 2.34. The smallest absolute Gasteiger partial charge is 0.161 e. The first-order valence-corrected chi connectivity index (χ1v) is 8.67. The quantitative estimate of drug-likeness (QED) is 0.721. The van der Waals surface area contributed by atoms with Gasteiger partial charge in [-0.1, -0.05) is 45.0 Å². The van der Waals surface area contributed by atoms with Gasteiger partial charge in [-0.25, -0.2) is 9.97 Å². The fourth-order valence-electron chi connectivity index (χ4n) is 2.11. The second-order valence-corrected chi connectivity index (χ2v) is 6.07. The summed E-state index contributed by atoms with van der Waals surface area (Å²) in [5, 5.41) is 3.41. The third-order valence-electron chi connectivity index (χ3n) is 3.42. The number of hydrogen-bond acceptors (Lipinski definition) is 3. The van der Waals surface area contributed by atoms with Gasteiger partial charge in [0.15, 0.2) is 5.82 Å². The van der Waals surface area contributed by atoms with Crippen molar-refractivity contribution in [1.82, 2.24) is 9.97 Å². The Morgan fingerprint density at radius 1 is 1.00 bits per heavy atom. The number of halogens is 1. The predicted octanol–water partition coefficient (Wildman–Crippen LogP) is 4.69. The molecule has 2 aromatic rings. The molecule has 1 heterocycles. The molecule has 0 unspecified atom stereocenters. The zero-order valence-electron chi connectivity index (χ0n) is 12.9. The summed E-state index contributed by atoms with van der Waals surface area (Å²) in [5.41, 5.74) is 3.53. The molecule has 1 aromatic heterocycles. The molecule has 1 N–H and O–H groups in total. The molecule has 0 aliphatic rings. The summed E-state index contributed by atoms with van der Waals surface area (Å²) in [6.45, 7) is 7.40. The monoisotopic (exact) mass is 395 g/mol. The molecule has 0 saturated heterocycles. The summed E-state index contributed by atoms with van der Waals surface area (Å²) in [6.07, 6.45) is 3.06. The average Bonchev–Trinajstić information content (AvgIpc) is 2.54. The highest BCUT2D eigenvalue weighted by atomic mass is 127. The van der Waals surface area contributed by atoms with Crippen LogP contribution in [0.25, 0.3) is 11.4 Å². The summed E-state index contributed by atoms with van der Waals surface area (Å²) in [6, 6.07) is 8.54. The van der Waals surface area contributed by atoms with E-state index < -0.39 is 0 Å². The SMILES string of the molecule is CCCNc1nc(-c2ccc(CC)cc2)nc(CC)c1I. The second kappa shape index (κ2) is 7.73. The van der Waals surface area contributed by atoms with E-state index in [4.69, 9.17) is 9.97 Å². The largest absolute Gasteiger partial charge is 0.369 e. The fraction of sp³-hybridized carbons (Fsp3) is 0.412. The molecule has 0 aliphatic carbocycles. The van der Waals surface area contributed by atoms with Crippen LogP contribution in [0.2, 0.25) is 0 Å². The van der Waals surface area contributed by atoms with Crippen LogP contribution in [0.15, 0.2) is 24.3 Å². The first kappa shape index (κ1) is 16.2. The molecule has 21 heavy (non-hydrogen) atoms. The van der Waals surface area contributed by atoms with Crippen LogP contribution in [-0.2, 0) is 12.8 Å².